The molecule has 2 aliphatic rings. The van der Waals surface area contributed by atoms with Gasteiger partial charge in [0.2, 0.25) is 0 Å². The number of hydrogen-bond acceptors (Lipinski definition) is 12. The molecule has 4 N–H and O–H groups in total. The van der Waals surface area contributed by atoms with Crippen molar-refractivity contribution < 1.29 is 38.7 Å². The summed E-state index contributed by atoms with van der Waals surface area (Å²) in [5.41, 5.74) is 0.895. The summed E-state index contributed by atoms with van der Waals surface area (Å²) >= 11 is 0. The topological polar surface area (TPSA) is 179 Å². The molecule has 0 aromatic carbocycles. The van der Waals surface area contributed by atoms with E-state index >= 15 is 0 Å². The summed E-state index contributed by atoms with van der Waals surface area (Å²) in [6, 6.07) is 0.114. The summed E-state index contributed by atoms with van der Waals surface area (Å²) in [5.74, 6) is 0.0984. The molecular formula is C20H28N6O8. The van der Waals surface area contributed by atoms with Crippen LogP contribution in [0.5, 0.6) is 0 Å². The van der Waals surface area contributed by atoms with Crippen molar-refractivity contribution in [3.8, 4) is 0 Å². The first kappa shape index (κ1) is 24.1. The average Bonchev–Trinajstić information content (AvgIpc) is 3.54. The Hall–Kier alpha value is -3.07. The Morgan fingerprint density at radius 2 is 2.09 bits per heavy atom. The molecule has 14 heteroatoms. The standard InChI is InChI=1S/C20H28N6O8/c1-2-32-13(27)3-5-21-20(30)33-8-12-15(28)16(29)19(34-12)26-10-24-14-17(22-9-23-18(14)26)25-11-4-6-31-7-11/h9-12,15-16,19,28-29H,2-8H2,1H3,(H,21,30)(H,22,23,25)/t11-,12-,15-,16-,19-/m1/s1. The highest BCUT2D eigenvalue weighted by Crippen LogP contribution is 2.32. The van der Waals surface area contributed by atoms with Gasteiger partial charge in [-0.1, -0.05) is 0 Å². The number of nitrogens with zero attached hydrogens (tertiary/aromatic N) is 4. The van der Waals surface area contributed by atoms with Crippen LogP contribution in [0.15, 0.2) is 12.7 Å². The fourth-order valence-corrected chi connectivity index (χ4v) is 3.79. The van der Waals surface area contributed by atoms with E-state index in [0.717, 1.165) is 6.42 Å². The van der Waals surface area contributed by atoms with Gasteiger partial charge in [0.05, 0.1) is 32.0 Å². The van der Waals surface area contributed by atoms with Crippen molar-refractivity contribution in [1.29, 1.82) is 0 Å². The molecule has 0 spiro atoms. The van der Waals surface area contributed by atoms with Gasteiger partial charge in [0.15, 0.2) is 23.2 Å². The molecule has 0 bridgehead atoms. The van der Waals surface area contributed by atoms with Gasteiger partial charge in [-0.15, -0.1) is 0 Å². The summed E-state index contributed by atoms with van der Waals surface area (Å²) in [4.78, 5) is 36.0. The van der Waals surface area contributed by atoms with Crippen LogP contribution in [0.2, 0.25) is 0 Å². The Kier molecular flexibility index (Phi) is 7.72. The van der Waals surface area contributed by atoms with Crippen LogP contribution >= 0.6 is 0 Å². The number of fused-ring (bicyclic) bond motifs is 1. The molecule has 2 saturated heterocycles. The van der Waals surface area contributed by atoms with Crippen LogP contribution in [-0.4, -0.2) is 99.1 Å². The first-order valence-electron chi connectivity index (χ1n) is 11.1. The summed E-state index contributed by atoms with van der Waals surface area (Å²) in [5, 5.41) is 26.7. The van der Waals surface area contributed by atoms with Crippen molar-refractivity contribution in [1.82, 2.24) is 24.8 Å². The number of aromatic nitrogens is 4. The Balaban J connectivity index is 1.35. The zero-order valence-corrected chi connectivity index (χ0v) is 18.6. The number of imidazole rings is 1. The number of anilines is 1. The van der Waals surface area contributed by atoms with E-state index in [1.807, 2.05) is 0 Å². The fourth-order valence-electron chi connectivity index (χ4n) is 3.79. The molecule has 4 heterocycles. The zero-order chi connectivity index (χ0) is 24.1. The van der Waals surface area contributed by atoms with E-state index in [2.05, 4.69) is 25.6 Å². The Morgan fingerprint density at radius 1 is 1.24 bits per heavy atom. The van der Waals surface area contributed by atoms with E-state index < -0.39 is 36.6 Å². The summed E-state index contributed by atoms with van der Waals surface area (Å²) in [7, 11) is 0. The molecule has 1 amide bonds. The number of carbonyl (C=O) groups is 2. The van der Waals surface area contributed by atoms with Crippen molar-refractivity contribution in [3.05, 3.63) is 12.7 Å². The van der Waals surface area contributed by atoms with Crippen LogP contribution in [0.25, 0.3) is 11.2 Å². The van der Waals surface area contributed by atoms with Crippen LogP contribution in [0.4, 0.5) is 10.6 Å². The molecule has 0 radical (unpaired) electrons. The maximum absolute atomic E-state index is 11.9. The lowest BCUT2D eigenvalue weighted by Gasteiger charge is -2.17. The Bertz CT molecular complexity index is 997. The lowest BCUT2D eigenvalue weighted by atomic mass is 10.1. The normalized spacial score (nSPS) is 26.5. The van der Waals surface area contributed by atoms with Crippen LogP contribution in [-0.2, 0) is 23.7 Å². The van der Waals surface area contributed by atoms with E-state index in [1.54, 1.807) is 6.92 Å². The van der Waals surface area contributed by atoms with E-state index in [0.29, 0.717) is 30.2 Å². The second-order valence-electron chi connectivity index (χ2n) is 7.88. The van der Waals surface area contributed by atoms with Gasteiger partial charge in [0, 0.05) is 13.2 Å². The molecule has 34 heavy (non-hydrogen) atoms. The minimum atomic E-state index is -1.31. The van der Waals surface area contributed by atoms with Crippen LogP contribution in [0.1, 0.15) is 26.0 Å². The minimum Gasteiger partial charge on any atom is -0.466 e. The number of carbonyl (C=O) groups excluding carboxylic acids is 2. The quantitative estimate of drug-likeness (QED) is 0.333. The molecule has 5 atom stereocenters. The third-order valence-corrected chi connectivity index (χ3v) is 5.52. The fraction of sp³-hybridized carbons (Fsp3) is 0.650. The molecule has 0 unspecified atom stereocenters. The number of rotatable bonds is 9. The van der Waals surface area contributed by atoms with Gasteiger partial charge in [-0.05, 0) is 13.3 Å². The molecule has 0 aliphatic carbocycles. The van der Waals surface area contributed by atoms with Gasteiger partial charge >= 0.3 is 12.1 Å². The maximum atomic E-state index is 11.9. The largest absolute Gasteiger partial charge is 0.466 e. The molecule has 186 valence electrons. The average molecular weight is 480 g/mol. The van der Waals surface area contributed by atoms with Crippen molar-refractivity contribution >= 4 is 29.0 Å². The van der Waals surface area contributed by atoms with E-state index in [1.165, 1.54) is 17.2 Å². The SMILES string of the molecule is CCOC(=O)CCNC(=O)OC[C@H]1O[C@@H](n2cnc3c(N[C@@H]4CCOC4)ncnc32)[C@H](O)[C@@H]1O. The predicted octanol–water partition coefficient (Wildman–Crippen LogP) is -0.674. The van der Waals surface area contributed by atoms with Crippen LogP contribution in [0.3, 0.4) is 0 Å². The minimum absolute atomic E-state index is 0.00641. The number of aliphatic hydroxyl groups excluding tert-OH is 2. The Labute approximate surface area is 194 Å². The third-order valence-electron chi connectivity index (χ3n) is 5.52. The number of nitrogens with one attached hydrogen (secondary N) is 2. The molecule has 2 aliphatic heterocycles. The molecule has 4 rings (SSSR count). The third kappa shape index (κ3) is 5.35. The summed E-state index contributed by atoms with van der Waals surface area (Å²) in [6.45, 7) is 2.93. The monoisotopic (exact) mass is 480 g/mol. The van der Waals surface area contributed by atoms with Gasteiger partial charge < -0.3 is 39.8 Å². The van der Waals surface area contributed by atoms with Gasteiger partial charge in [-0.25, -0.2) is 19.7 Å². The smallest absolute Gasteiger partial charge is 0.407 e. The second-order valence-corrected chi connectivity index (χ2v) is 7.88. The van der Waals surface area contributed by atoms with Crippen LogP contribution < -0.4 is 10.6 Å². The molecule has 2 aromatic heterocycles. The number of hydrogen-bond donors (Lipinski definition) is 4. The number of alkyl carbamates (subject to hydrolysis) is 1. The second kappa shape index (κ2) is 10.9. The maximum Gasteiger partial charge on any atom is 0.407 e. The molecule has 0 saturated carbocycles. The van der Waals surface area contributed by atoms with Crippen LogP contribution in [0, 0.1) is 0 Å². The van der Waals surface area contributed by atoms with Gasteiger partial charge in [-0.2, -0.15) is 0 Å². The number of amides is 1. The molecule has 2 fully saturated rings. The first-order valence-corrected chi connectivity index (χ1v) is 11.1. The molecule has 2 aromatic rings. The lowest BCUT2D eigenvalue weighted by molar-refractivity contribution is -0.142. The zero-order valence-electron chi connectivity index (χ0n) is 18.6. The number of esters is 1. The number of aliphatic hydroxyl groups is 2. The van der Waals surface area contributed by atoms with Crippen molar-refractivity contribution in [2.75, 3.05) is 38.3 Å². The predicted molar refractivity (Wildman–Crippen MR) is 115 cm³/mol. The number of ether oxygens (including phenoxy) is 4. The van der Waals surface area contributed by atoms with E-state index in [9.17, 15) is 19.8 Å². The highest BCUT2D eigenvalue weighted by Gasteiger charge is 2.45. The lowest BCUT2D eigenvalue weighted by Crippen LogP contribution is -2.36. The van der Waals surface area contributed by atoms with Crippen molar-refractivity contribution in [2.24, 2.45) is 0 Å². The van der Waals surface area contributed by atoms with Gasteiger partial charge in [-0.3, -0.25) is 9.36 Å². The van der Waals surface area contributed by atoms with Gasteiger partial charge in [0.1, 0.15) is 31.2 Å². The van der Waals surface area contributed by atoms with E-state index in [-0.39, 0.29) is 32.2 Å². The van der Waals surface area contributed by atoms with Crippen molar-refractivity contribution in [3.63, 3.8) is 0 Å². The Morgan fingerprint density at radius 3 is 2.85 bits per heavy atom. The first-order chi connectivity index (χ1) is 16.5. The van der Waals surface area contributed by atoms with Gasteiger partial charge in [0.25, 0.3) is 0 Å². The summed E-state index contributed by atoms with van der Waals surface area (Å²) < 4.78 is 22.5. The highest BCUT2D eigenvalue weighted by molar-refractivity contribution is 5.82. The molecular weight excluding hydrogens is 452 g/mol. The summed E-state index contributed by atoms with van der Waals surface area (Å²) in [6.07, 6.45) is -1.73. The van der Waals surface area contributed by atoms with Crippen molar-refractivity contribution in [2.45, 2.75) is 50.3 Å². The molecule has 14 nitrogen and oxygen atoms in total. The van der Waals surface area contributed by atoms with E-state index in [4.69, 9.17) is 18.9 Å². The highest BCUT2D eigenvalue weighted by atomic mass is 16.6.